The number of rotatable bonds is 1. The predicted octanol–water partition coefficient (Wildman–Crippen LogP) is 2.13. The molecule has 1 aliphatic rings. The van der Waals surface area contributed by atoms with Gasteiger partial charge in [-0.2, -0.15) is 0 Å². The van der Waals surface area contributed by atoms with Crippen LogP contribution in [0.25, 0.3) is 0 Å². The highest BCUT2D eigenvalue weighted by molar-refractivity contribution is 4.91. The van der Waals surface area contributed by atoms with E-state index in [0.717, 1.165) is 0 Å². The fraction of sp³-hybridized carbons (Fsp3) is 0.750. The molecule has 0 aromatic rings. The Bertz CT molecular complexity index is 96.7. The van der Waals surface area contributed by atoms with Crippen LogP contribution in [0.1, 0.15) is 25.7 Å². The van der Waals surface area contributed by atoms with E-state index in [4.69, 9.17) is 4.74 Å². The first-order valence-electron chi connectivity index (χ1n) is 3.63. The Morgan fingerprint density at radius 2 is 2.33 bits per heavy atom. The van der Waals surface area contributed by atoms with Crippen LogP contribution in [0.2, 0.25) is 0 Å². The van der Waals surface area contributed by atoms with Crippen LogP contribution in [0.4, 0.5) is 0 Å². The molecule has 1 aliphatic carbocycles. The predicted molar refractivity (Wildman–Crippen MR) is 38.4 cm³/mol. The second kappa shape index (κ2) is 3.67. The monoisotopic (exact) mass is 126 g/mol. The van der Waals surface area contributed by atoms with Crippen LogP contribution >= 0.6 is 0 Å². The molecule has 0 spiro atoms. The van der Waals surface area contributed by atoms with E-state index in [2.05, 4.69) is 12.2 Å². The van der Waals surface area contributed by atoms with E-state index in [1.165, 1.54) is 25.7 Å². The Morgan fingerprint density at radius 3 is 3.11 bits per heavy atom. The Balaban J connectivity index is 2.33. The zero-order valence-electron chi connectivity index (χ0n) is 5.97. The minimum absolute atomic E-state index is 0.396. The van der Waals surface area contributed by atoms with Crippen LogP contribution < -0.4 is 0 Å². The molecule has 0 bridgehead atoms. The van der Waals surface area contributed by atoms with Gasteiger partial charge in [0.1, 0.15) is 0 Å². The zero-order chi connectivity index (χ0) is 6.53. The molecular formula is C8H14O. The van der Waals surface area contributed by atoms with Crippen LogP contribution in [0.15, 0.2) is 12.2 Å². The quantitative estimate of drug-likeness (QED) is 0.489. The van der Waals surface area contributed by atoms with E-state index in [9.17, 15) is 0 Å². The molecule has 0 aliphatic heterocycles. The lowest BCUT2D eigenvalue weighted by molar-refractivity contribution is 0.133. The molecule has 0 saturated heterocycles. The molecular weight excluding hydrogens is 112 g/mol. The molecule has 1 heteroatoms. The van der Waals surface area contributed by atoms with Crippen molar-refractivity contribution in [2.45, 2.75) is 31.8 Å². The van der Waals surface area contributed by atoms with Crippen molar-refractivity contribution in [3.63, 3.8) is 0 Å². The van der Waals surface area contributed by atoms with Crippen molar-refractivity contribution in [2.75, 3.05) is 7.11 Å². The smallest absolute Gasteiger partial charge is 0.0752 e. The van der Waals surface area contributed by atoms with Gasteiger partial charge in [0.05, 0.1) is 6.10 Å². The van der Waals surface area contributed by atoms with Crippen LogP contribution in [-0.4, -0.2) is 13.2 Å². The van der Waals surface area contributed by atoms with Gasteiger partial charge < -0.3 is 4.74 Å². The van der Waals surface area contributed by atoms with Crippen molar-refractivity contribution in [1.29, 1.82) is 0 Å². The van der Waals surface area contributed by atoms with Crippen molar-refractivity contribution in [1.82, 2.24) is 0 Å². The molecule has 0 aromatic carbocycles. The van der Waals surface area contributed by atoms with Crippen molar-refractivity contribution >= 4 is 0 Å². The fourth-order valence-corrected chi connectivity index (χ4v) is 1.15. The molecule has 0 heterocycles. The summed E-state index contributed by atoms with van der Waals surface area (Å²) in [5.74, 6) is 0. The molecule has 0 radical (unpaired) electrons. The van der Waals surface area contributed by atoms with Crippen LogP contribution in [0.5, 0.6) is 0 Å². The molecule has 0 amide bonds. The van der Waals surface area contributed by atoms with E-state index < -0.39 is 0 Å². The van der Waals surface area contributed by atoms with Gasteiger partial charge in [-0.15, -0.1) is 0 Å². The molecule has 9 heavy (non-hydrogen) atoms. The van der Waals surface area contributed by atoms with Gasteiger partial charge in [-0.25, -0.2) is 0 Å². The minimum atomic E-state index is 0.396. The molecule has 0 fully saturated rings. The number of allylic oxidation sites excluding steroid dienone is 1. The van der Waals surface area contributed by atoms with E-state index in [-0.39, 0.29) is 0 Å². The van der Waals surface area contributed by atoms with E-state index in [1.807, 2.05) is 0 Å². The Hall–Kier alpha value is -0.300. The Morgan fingerprint density at radius 1 is 1.44 bits per heavy atom. The van der Waals surface area contributed by atoms with Crippen molar-refractivity contribution < 1.29 is 4.74 Å². The molecule has 0 N–H and O–H groups in total. The number of hydrogen-bond donors (Lipinski definition) is 0. The summed E-state index contributed by atoms with van der Waals surface area (Å²) in [6, 6.07) is 0. The second-order valence-electron chi connectivity index (χ2n) is 2.49. The third-order valence-electron chi connectivity index (χ3n) is 1.76. The summed E-state index contributed by atoms with van der Waals surface area (Å²) in [5, 5.41) is 0. The third-order valence-corrected chi connectivity index (χ3v) is 1.76. The topological polar surface area (TPSA) is 9.23 Å². The van der Waals surface area contributed by atoms with Gasteiger partial charge in [0, 0.05) is 7.11 Å². The molecule has 1 atom stereocenters. The van der Waals surface area contributed by atoms with Gasteiger partial charge in [0.25, 0.3) is 0 Å². The van der Waals surface area contributed by atoms with Crippen molar-refractivity contribution in [2.24, 2.45) is 0 Å². The van der Waals surface area contributed by atoms with Gasteiger partial charge in [-0.1, -0.05) is 18.6 Å². The average molecular weight is 126 g/mol. The lowest BCUT2D eigenvalue weighted by Crippen LogP contribution is -2.04. The van der Waals surface area contributed by atoms with Crippen molar-refractivity contribution in [3.8, 4) is 0 Å². The van der Waals surface area contributed by atoms with Crippen molar-refractivity contribution in [3.05, 3.63) is 12.2 Å². The summed E-state index contributed by atoms with van der Waals surface area (Å²) in [6.07, 6.45) is 9.87. The van der Waals surface area contributed by atoms with E-state index >= 15 is 0 Å². The maximum atomic E-state index is 5.18. The van der Waals surface area contributed by atoms with Gasteiger partial charge in [-0.05, 0) is 19.3 Å². The molecule has 1 rings (SSSR count). The molecule has 0 saturated carbocycles. The highest BCUT2D eigenvalue weighted by atomic mass is 16.5. The van der Waals surface area contributed by atoms with Crippen LogP contribution in [-0.2, 0) is 4.74 Å². The van der Waals surface area contributed by atoms with Crippen LogP contribution in [0, 0.1) is 0 Å². The zero-order valence-corrected chi connectivity index (χ0v) is 5.97. The third kappa shape index (κ3) is 2.19. The first-order valence-corrected chi connectivity index (χ1v) is 3.63. The number of ether oxygens (including phenoxy) is 1. The maximum Gasteiger partial charge on any atom is 0.0752 e. The van der Waals surface area contributed by atoms with Crippen LogP contribution in [0.3, 0.4) is 0 Å². The molecule has 52 valence electrons. The summed E-state index contributed by atoms with van der Waals surface area (Å²) < 4.78 is 5.18. The SMILES string of the molecule is COC1C=CCCCC1. The summed E-state index contributed by atoms with van der Waals surface area (Å²) in [4.78, 5) is 0. The normalized spacial score (nSPS) is 27.9. The standard InChI is InChI=1S/C8H14O/c1-9-8-6-4-2-3-5-7-8/h4,6,8H,2-3,5,7H2,1H3. The first kappa shape index (κ1) is 6.81. The summed E-state index contributed by atoms with van der Waals surface area (Å²) >= 11 is 0. The van der Waals surface area contributed by atoms with Gasteiger partial charge in [0.2, 0.25) is 0 Å². The summed E-state index contributed by atoms with van der Waals surface area (Å²) in [6.45, 7) is 0. The van der Waals surface area contributed by atoms with Gasteiger partial charge in [-0.3, -0.25) is 0 Å². The molecule has 1 unspecified atom stereocenters. The largest absolute Gasteiger partial charge is 0.377 e. The lowest BCUT2D eigenvalue weighted by Gasteiger charge is -2.06. The average Bonchev–Trinajstić information content (AvgIpc) is 2.13. The minimum Gasteiger partial charge on any atom is -0.377 e. The number of methoxy groups -OCH3 is 1. The number of hydrogen-bond acceptors (Lipinski definition) is 1. The second-order valence-corrected chi connectivity index (χ2v) is 2.49. The molecule has 1 nitrogen and oxygen atoms in total. The maximum absolute atomic E-state index is 5.18. The summed E-state index contributed by atoms with van der Waals surface area (Å²) in [7, 11) is 1.78. The summed E-state index contributed by atoms with van der Waals surface area (Å²) in [5.41, 5.74) is 0. The highest BCUT2D eigenvalue weighted by Crippen LogP contribution is 2.12. The highest BCUT2D eigenvalue weighted by Gasteiger charge is 2.03. The Kier molecular flexibility index (Phi) is 2.78. The fourth-order valence-electron chi connectivity index (χ4n) is 1.15. The first-order chi connectivity index (χ1) is 4.43. The van der Waals surface area contributed by atoms with E-state index in [1.54, 1.807) is 7.11 Å². The van der Waals surface area contributed by atoms with Gasteiger partial charge >= 0.3 is 0 Å². The lowest BCUT2D eigenvalue weighted by atomic mass is 10.2. The van der Waals surface area contributed by atoms with Gasteiger partial charge in [0.15, 0.2) is 0 Å². The Labute approximate surface area is 56.7 Å². The molecule has 0 aromatic heterocycles. The van der Waals surface area contributed by atoms with E-state index in [0.29, 0.717) is 6.10 Å².